The Morgan fingerprint density at radius 3 is 1.79 bits per heavy atom. The average molecular weight is 401 g/mol. The third kappa shape index (κ3) is 5.79. The van der Waals surface area contributed by atoms with Crippen molar-refractivity contribution in [1.82, 2.24) is 0 Å². The monoisotopic (exact) mass is 400 g/mol. The number of anilines is 2. The summed E-state index contributed by atoms with van der Waals surface area (Å²) in [7, 11) is 0. The summed E-state index contributed by atoms with van der Waals surface area (Å²) in [4.78, 5) is 15.1. The highest BCUT2D eigenvalue weighted by atomic mass is 16.5. The minimum Gasteiger partial charge on any atom is -0.490 e. The Balaban J connectivity index is 2.27. The number of ether oxygens (including phenoxy) is 3. The Kier molecular flexibility index (Phi) is 8.65. The van der Waals surface area contributed by atoms with Gasteiger partial charge in [0.2, 0.25) is 5.75 Å². The van der Waals surface area contributed by atoms with Gasteiger partial charge in [-0.1, -0.05) is 0 Å². The molecule has 0 fully saturated rings. The molecule has 0 heterocycles. The number of carbonyl (C=O) groups excluding carboxylic acids is 1. The second-order valence-electron chi connectivity index (χ2n) is 6.27. The van der Waals surface area contributed by atoms with Crippen LogP contribution in [0, 0.1) is 0 Å². The molecule has 0 bridgehead atoms. The van der Waals surface area contributed by atoms with E-state index in [2.05, 4.69) is 24.1 Å². The molecule has 158 valence electrons. The fraction of sp³-hybridized carbons (Fsp3) is 0.435. The van der Waals surface area contributed by atoms with Crippen molar-refractivity contribution >= 4 is 17.3 Å². The first-order valence-corrected chi connectivity index (χ1v) is 10.3. The standard InChI is InChI=1S/C23H32N2O4/c1-6-25(7-2)19-13-11-18(12-14-19)24-23(26)17-15-20(27-8-3)22(29-10-5)21(16-17)28-9-4/h11-16H,6-10H2,1-5H3,(H,24,26). The molecule has 6 heteroatoms. The summed E-state index contributed by atoms with van der Waals surface area (Å²) in [5, 5.41) is 2.94. The molecule has 29 heavy (non-hydrogen) atoms. The van der Waals surface area contributed by atoms with Gasteiger partial charge in [0.15, 0.2) is 11.5 Å². The van der Waals surface area contributed by atoms with E-state index < -0.39 is 0 Å². The Bertz CT molecular complexity index is 759. The molecule has 0 atom stereocenters. The SMILES string of the molecule is CCOc1cc(C(=O)Nc2ccc(N(CC)CC)cc2)cc(OCC)c1OCC. The second kappa shape index (κ2) is 11.2. The van der Waals surface area contributed by atoms with Gasteiger partial charge in [0, 0.05) is 30.0 Å². The zero-order valence-corrected chi connectivity index (χ0v) is 18.1. The zero-order valence-electron chi connectivity index (χ0n) is 18.1. The first kappa shape index (κ1) is 22.4. The minimum atomic E-state index is -0.231. The molecule has 0 saturated heterocycles. The smallest absolute Gasteiger partial charge is 0.255 e. The van der Waals surface area contributed by atoms with Crippen LogP contribution < -0.4 is 24.4 Å². The van der Waals surface area contributed by atoms with Crippen molar-refractivity contribution in [3.8, 4) is 17.2 Å². The van der Waals surface area contributed by atoms with Gasteiger partial charge in [0.25, 0.3) is 5.91 Å². The Morgan fingerprint density at radius 2 is 1.34 bits per heavy atom. The van der Waals surface area contributed by atoms with Crippen LogP contribution in [0.3, 0.4) is 0 Å². The predicted molar refractivity (Wildman–Crippen MR) is 118 cm³/mol. The molecule has 2 aromatic carbocycles. The molecule has 0 unspecified atom stereocenters. The molecule has 6 nitrogen and oxygen atoms in total. The molecule has 0 aliphatic heterocycles. The van der Waals surface area contributed by atoms with Crippen LogP contribution in [-0.4, -0.2) is 38.8 Å². The normalized spacial score (nSPS) is 10.4. The lowest BCUT2D eigenvalue weighted by molar-refractivity contribution is 0.102. The van der Waals surface area contributed by atoms with E-state index in [1.807, 2.05) is 45.0 Å². The quantitative estimate of drug-likeness (QED) is 0.576. The number of hydrogen-bond acceptors (Lipinski definition) is 5. The summed E-state index contributed by atoms with van der Waals surface area (Å²) in [5.74, 6) is 1.30. The summed E-state index contributed by atoms with van der Waals surface area (Å²) in [6.07, 6.45) is 0. The van der Waals surface area contributed by atoms with Crippen molar-refractivity contribution < 1.29 is 19.0 Å². The van der Waals surface area contributed by atoms with E-state index in [1.54, 1.807) is 12.1 Å². The van der Waals surface area contributed by atoms with E-state index in [1.165, 1.54) is 0 Å². The highest BCUT2D eigenvalue weighted by Gasteiger charge is 2.18. The van der Waals surface area contributed by atoms with Crippen LogP contribution in [0.2, 0.25) is 0 Å². The van der Waals surface area contributed by atoms with E-state index in [-0.39, 0.29) is 5.91 Å². The lowest BCUT2D eigenvalue weighted by Crippen LogP contribution is -2.21. The maximum atomic E-state index is 12.9. The molecule has 0 aliphatic carbocycles. The summed E-state index contributed by atoms with van der Waals surface area (Å²) >= 11 is 0. The largest absolute Gasteiger partial charge is 0.490 e. The number of benzene rings is 2. The fourth-order valence-electron chi connectivity index (χ4n) is 3.07. The summed E-state index contributed by atoms with van der Waals surface area (Å²) in [5.41, 5.74) is 2.32. The molecular formula is C23H32N2O4. The van der Waals surface area contributed by atoms with Crippen LogP contribution in [-0.2, 0) is 0 Å². The van der Waals surface area contributed by atoms with Crippen LogP contribution in [0.15, 0.2) is 36.4 Å². The lowest BCUT2D eigenvalue weighted by Gasteiger charge is -2.21. The maximum Gasteiger partial charge on any atom is 0.255 e. The fourth-order valence-corrected chi connectivity index (χ4v) is 3.07. The third-order valence-corrected chi connectivity index (χ3v) is 4.43. The van der Waals surface area contributed by atoms with Crippen molar-refractivity contribution in [1.29, 1.82) is 0 Å². The zero-order chi connectivity index (χ0) is 21.2. The van der Waals surface area contributed by atoms with Gasteiger partial charge in [0.1, 0.15) is 0 Å². The van der Waals surface area contributed by atoms with Gasteiger partial charge in [-0.25, -0.2) is 0 Å². The van der Waals surface area contributed by atoms with Crippen LogP contribution >= 0.6 is 0 Å². The molecule has 0 radical (unpaired) electrons. The number of amides is 1. The van der Waals surface area contributed by atoms with Crippen LogP contribution in [0.4, 0.5) is 11.4 Å². The highest BCUT2D eigenvalue weighted by Crippen LogP contribution is 2.39. The number of hydrogen-bond donors (Lipinski definition) is 1. The van der Waals surface area contributed by atoms with Gasteiger partial charge in [-0.2, -0.15) is 0 Å². The summed E-state index contributed by atoms with van der Waals surface area (Å²) < 4.78 is 17.1. The number of nitrogens with zero attached hydrogens (tertiary/aromatic N) is 1. The summed E-state index contributed by atoms with van der Waals surface area (Å²) in [6, 6.07) is 11.2. The summed E-state index contributed by atoms with van der Waals surface area (Å²) in [6.45, 7) is 13.2. The minimum absolute atomic E-state index is 0.231. The van der Waals surface area contributed by atoms with Gasteiger partial charge in [-0.15, -0.1) is 0 Å². The Labute approximate surface area is 173 Å². The van der Waals surface area contributed by atoms with Gasteiger partial charge in [-0.3, -0.25) is 4.79 Å². The van der Waals surface area contributed by atoms with Crippen molar-refractivity contribution in [3.63, 3.8) is 0 Å². The van der Waals surface area contributed by atoms with E-state index >= 15 is 0 Å². The first-order valence-electron chi connectivity index (χ1n) is 10.3. The predicted octanol–water partition coefficient (Wildman–Crippen LogP) is 4.98. The molecule has 0 aliphatic rings. The van der Waals surface area contributed by atoms with E-state index in [0.717, 1.165) is 24.5 Å². The van der Waals surface area contributed by atoms with E-state index in [4.69, 9.17) is 14.2 Å². The van der Waals surface area contributed by atoms with Crippen molar-refractivity contribution in [2.24, 2.45) is 0 Å². The Hall–Kier alpha value is -2.89. The highest BCUT2D eigenvalue weighted by molar-refractivity contribution is 6.05. The van der Waals surface area contributed by atoms with Gasteiger partial charge in [-0.05, 0) is 71.0 Å². The molecule has 0 spiro atoms. The molecule has 2 rings (SSSR count). The van der Waals surface area contributed by atoms with Gasteiger partial charge < -0.3 is 24.4 Å². The van der Waals surface area contributed by atoms with E-state index in [0.29, 0.717) is 42.6 Å². The maximum absolute atomic E-state index is 12.9. The van der Waals surface area contributed by atoms with Crippen LogP contribution in [0.5, 0.6) is 17.2 Å². The molecule has 1 N–H and O–H groups in total. The molecular weight excluding hydrogens is 368 g/mol. The molecule has 0 saturated carbocycles. The second-order valence-corrected chi connectivity index (χ2v) is 6.27. The van der Waals surface area contributed by atoms with Crippen molar-refractivity contribution in [3.05, 3.63) is 42.0 Å². The van der Waals surface area contributed by atoms with Crippen LogP contribution in [0.1, 0.15) is 45.0 Å². The van der Waals surface area contributed by atoms with Gasteiger partial charge >= 0.3 is 0 Å². The molecule has 1 amide bonds. The topological polar surface area (TPSA) is 60.0 Å². The third-order valence-electron chi connectivity index (χ3n) is 4.43. The molecule has 0 aromatic heterocycles. The first-order chi connectivity index (χ1) is 14.1. The van der Waals surface area contributed by atoms with Crippen molar-refractivity contribution in [2.75, 3.05) is 43.1 Å². The lowest BCUT2D eigenvalue weighted by atomic mass is 10.1. The van der Waals surface area contributed by atoms with E-state index in [9.17, 15) is 4.79 Å². The number of carbonyl (C=O) groups is 1. The number of rotatable bonds is 11. The molecule has 2 aromatic rings. The Morgan fingerprint density at radius 1 is 0.828 bits per heavy atom. The average Bonchev–Trinajstić information content (AvgIpc) is 2.72. The van der Waals surface area contributed by atoms with Crippen LogP contribution in [0.25, 0.3) is 0 Å². The number of nitrogens with one attached hydrogen (secondary N) is 1. The van der Waals surface area contributed by atoms with Gasteiger partial charge in [0.05, 0.1) is 19.8 Å². The van der Waals surface area contributed by atoms with Crippen molar-refractivity contribution in [2.45, 2.75) is 34.6 Å².